The van der Waals surface area contributed by atoms with Crippen LogP contribution >= 0.6 is 11.3 Å². The van der Waals surface area contributed by atoms with E-state index in [-0.39, 0.29) is 19.1 Å². The molecule has 0 aliphatic heterocycles. The number of aliphatic hydroxyl groups is 1. The summed E-state index contributed by atoms with van der Waals surface area (Å²) in [5.74, 6) is 6.00. The minimum Gasteiger partial charge on any atom is -0.395 e. The Labute approximate surface area is 124 Å². The Balaban J connectivity index is 2.48. The molecule has 1 heterocycles. The van der Waals surface area contributed by atoms with Gasteiger partial charge in [-0.05, 0) is 12.0 Å². The summed E-state index contributed by atoms with van der Waals surface area (Å²) in [5, 5.41) is 10.5. The average Bonchev–Trinajstić information content (AvgIpc) is 2.83. The van der Waals surface area contributed by atoms with E-state index in [1.807, 2.05) is 25.3 Å². The van der Waals surface area contributed by atoms with Crippen LogP contribution in [0.15, 0.2) is 11.4 Å². The first-order valence-electron chi connectivity index (χ1n) is 6.34. The van der Waals surface area contributed by atoms with Crippen LogP contribution in [0.2, 0.25) is 0 Å². The van der Waals surface area contributed by atoms with Gasteiger partial charge in [-0.3, -0.25) is 0 Å². The normalized spacial score (nSPS) is 11.4. The minimum atomic E-state index is -3.45. The lowest BCUT2D eigenvalue weighted by Gasteiger charge is -2.09. The zero-order valence-corrected chi connectivity index (χ0v) is 13.3. The zero-order valence-electron chi connectivity index (χ0n) is 11.6. The Kier molecular flexibility index (Phi) is 7.19. The summed E-state index contributed by atoms with van der Waals surface area (Å²) in [4.78, 5) is 0.897. The van der Waals surface area contributed by atoms with Crippen LogP contribution in [0.4, 0.5) is 0 Å². The molecule has 20 heavy (non-hydrogen) atoms. The molecule has 0 aliphatic carbocycles. The number of hydrogen-bond acceptors (Lipinski definition) is 4. The lowest BCUT2D eigenvalue weighted by Crippen LogP contribution is -2.37. The van der Waals surface area contributed by atoms with Crippen molar-refractivity contribution >= 4 is 21.5 Å². The van der Waals surface area contributed by atoms with Gasteiger partial charge >= 0.3 is 0 Å². The van der Waals surface area contributed by atoms with Crippen molar-refractivity contribution in [3.63, 3.8) is 0 Å². The molecule has 1 rings (SSSR count). The van der Waals surface area contributed by atoms with Gasteiger partial charge in [0.05, 0.1) is 6.61 Å². The lowest BCUT2D eigenvalue weighted by atomic mass is 10.2. The number of rotatable bonds is 7. The van der Waals surface area contributed by atoms with Gasteiger partial charge in [-0.1, -0.05) is 25.7 Å². The monoisotopic (exact) mass is 316 g/mol. The van der Waals surface area contributed by atoms with Gasteiger partial charge in [-0.15, -0.1) is 11.3 Å². The summed E-state index contributed by atoms with van der Waals surface area (Å²) in [6.07, 6.45) is 0.441. The predicted octanol–water partition coefficient (Wildman–Crippen LogP) is 1.06. The highest BCUT2D eigenvalue weighted by Crippen LogP contribution is 2.13. The van der Waals surface area contributed by atoms with E-state index in [1.54, 1.807) is 0 Å². The Morgan fingerprint density at radius 2 is 2.15 bits per heavy atom. The summed E-state index contributed by atoms with van der Waals surface area (Å²) in [6.45, 7) is 4.60. The standard InChI is InChI=1S/C13H20N2O3S2/c1-11(2)8-14-20(17,18)15-9-13-7-12(10-19-13)5-3-4-6-16/h7,10-11,14-16H,4,6,8-9H2,1-2H3. The van der Waals surface area contributed by atoms with E-state index >= 15 is 0 Å². The number of nitrogens with one attached hydrogen (secondary N) is 2. The number of hydrogen-bond donors (Lipinski definition) is 3. The molecule has 0 bridgehead atoms. The van der Waals surface area contributed by atoms with E-state index in [0.717, 1.165) is 10.4 Å². The van der Waals surface area contributed by atoms with E-state index in [1.165, 1.54) is 11.3 Å². The van der Waals surface area contributed by atoms with Crippen LogP contribution in [-0.2, 0) is 16.8 Å². The Hall–Kier alpha value is -0.910. The van der Waals surface area contributed by atoms with Gasteiger partial charge in [-0.2, -0.15) is 13.1 Å². The molecule has 0 saturated carbocycles. The van der Waals surface area contributed by atoms with Gasteiger partial charge in [0, 0.05) is 35.3 Å². The summed E-state index contributed by atoms with van der Waals surface area (Å²) in [7, 11) is -3.45. The fraction of sp³-hybridized carbons (Fsp3) is 0.538. The van der Waals surface area contributed by atoms with Crippen LogP contribution in [0.5, 0.6) is 0 Å². The smallest absolute Gasteiger partial charge is 0.277 e. The predicted molar refractivity (Wildman–Crippen MR) is 81.5 cm³/mol. The molecule has 0 aliphatic rings. The number of thiophene rings is 1. The quantitative estimate of drug-likeness (QED) is 0.658. The zero-order chi connectivity index (χ0) is 15.0. The van der Waals surface area contributed by atoms with Crippen LogP contribution in [-0.4, -0.2) is 26.7 Å². The molecule has 0 radical (unpaired) electrons. The SMILES string of the molecule is CC(C)CNS(=O)(=O)NCc1cc(C#CCCO)cs1. The molecule has 0 fully saturated rings. The highest BCUT2D eigenvalue weighted by Gasteiger charge is 2.10. The third-order valence-electron chi connectivity index (χ3n) is 2.24. The third kappa shape index (κ3) is 7.03. The molecule has 3 N–H and O–H groups in total. The molecule has 1 aromatic rings. The van der Waals surface area contributed by atoms with Gasteiger partial charge in [0.15, 0.2) is 0 Å². The van der Waals surface area contributed by atoms with Gasteiger partial charge in [0.1, 0.15) is 0 Å². The van der Waals surface area contributed by atoms with Gasteiger partial charge in [-0.25, -0.2) is 4.72 Å². The van der Waals surface area contributed by atoms with Crippen molar-refractivity contribution in [1.29, 1.82) is 0 Å². The van der Waals surface area contributed by atoms with Crippen molar-refractivity contribution in [3.05, 3.63) is 21.9 Å². The van der Waals surface area contributed by atoms with Gasteiger partial charge < -0.3 is 5.11 Å². The van der Waals surface area contributed by atoms with Gasteiger partial charge in [0.25, 0.3) is 10.2 Å². The van der Waals surface area contributed by atoms with Crippen LogP contribution in [0.1, 0.15) is 30.7 Å². The topological polar surface area (TPSA) is 78.4 Å². The second kappa shape index (κ2) is 8.39. The molecule has 0 saturated heterocycles. The summed E-state index contributed by atoms with van der Waals surface area (Å²) in [5.41, 5.74) is 0.841. The first kappa shape index (κ1) is 17.1. The first-order chi connectivity index (χ1) is 9.43. The Morgan fingerprint density at radius 3 is 2.80 bits per heavy atom. The maximum atomic E-state index is 11.7. The van der Waals surface area contributed by atoms with Crippen molar-refractivity contribution in [2.45, 2.75) is 26.8 Å². The molecule has 0 aromatic carbocycles. The van der Waals surface area contributed by atoms with E-state index in [2.05, 4.69) is 21.3 Å². The first-order valence-corrected chi connectivity index (χ1v) is 8.70. The largest absolute Gasteiger partial charge is 0.395 e. The fourth-order valence-electron chi connectivity index (χ4n) is 1.25. The summed E-state index contributed by atoms with van der Waals surface area (Å²) in [6, 6.07) is 1.85. The molecule has 0 amide bonds. The average molecular weight is 316 g/mol. The van der Waals surface area contributed by atoms with Crippen molar-refractivity contribution in [2.24, 2.45) is 5.92 Å². The van der Waals surface area contributed by atoms with Crippen molar-refractivity contribution < 1.29 is 13.5 Å². The van der Waals surface area contributed by atoms with Crippen molar-refractivity contribution in [2.75, 3.05) is 13.2 Å². The molecule has 5 nitrogen and oxygen atoms in total. The maximum Gasteiger partial charge on any atom is 0.277 e. The molecule has 1 aromatic heterocycles. The van der Waals surface area contributed by atoms with E-state index < -0.39 is 10.2 Å². The van der Waals surface area contributed by atoms with Crippen LogP contribution in [0.3, 0.4) is 0 Å². The second-order valence-corrected chi connectivity index (χ2v) is 7.22. The fourth-order valence-corrected chi connectivity index (χ4v) is 3.10. The summed E-state index contributed by atoms with van der Waals surface area (Å²) < 4.78 is 28.3. The maximum absolute atomic E-state index is 11.7. The van der Waals surface area contributed by atoms with Gasteiger partial charge in [0.2, 0.25) is 0 Å². The molecule has 0 atom stereocenters. The second-order valence-electron chi connectivity index (χ2n) is 4.64. The molecule has 0 spiro atoms. The van der Waals surface area contributed by atoms with E-state index in [0.29, 0.717) is 13.0 Å². The molecular formula is C13H20N2O3S2. The molecule has 7 heteroatoms. The third-order valence-corrected chi connectivity index (χ3v) is 4.25. The van der Waals surface area contributed by atoms with E-state index in [4.69, 9.17) is 5.11 Å². The summed E-state index contributed by atoms with van der Waals surface area (Å²) >= 11 is 1.45. The van der Waals surface area contributed by atoms with Crippen molar-refractivity contribution in [1.82, 2.24) is 9.44 Å². The minimum absolute atomic E-state index is 0.0469. The van der Waals surface area contributed by atoms with Crippen LogP contribution in [0, 0.1) is 17.8 Å². The van der Waals surface area contributed by atoms with Crippen LogP contribution in [0.25, 0.3) is 0 Å². The van der Waals surface area contributed by atoms with Crippen LogP contribution < -0.4 is 9.44 Å². The number of aliphatic hydroxyl groups excluding tert-OH is 1. The molecule has 112 valence electrons. The highest BCUT2D eigenvalue weighted by atomic mass is 32.2. The van der Waals surface area contributed by atoms with Crippen molar-refractivity contribution in [3.8, 4) is 11.8 Å². The molecule has 0 unspecified atom stereocenters. The molecular weight excluding hydrogens is 296 g/mol. The Morgan fingerprint density at radius 1 is 1.40 bits per heavy atom. The van der Waals surface area contributed by atoms with E-state index in [9.17, 15) is 8.42 Å². The highest BCUT2D eigenvalue weighted by molar-refractivity contribution is 7.87. The Bertz CT molecular complexity index is 568. The lowest BCUT2D eigenvalue weighted by molar-refractivity contribution is 0.305.